The quantitative estimate of drug-likeness (QED) is 0.641. The van der Waals surface area contributed by atoms with Crippen LogP contribution in [0.3, 0.4) is 0 Å². The van der Waals surface area contributed by atoms with Crippen molar-refractivity contribution < 1.29 is 14.3 Å². The number of hydrogen-bond donors (Lipinski definition) is 3. The number of likely N-dealkylation sites (tertiary alicyclic amines) is 1. The molecule has 1 fully saturated rings. The fraction of sp³-hybridized carbons (Fsp3) is 0.444. The van der Waals surface area contributed by atoms with Crippen LogP contribution in [0, 0.1) is 5.92 Å². The fourth-order valence-corrected chi connectivity index (χ4v) is 3.14. The number of rotatable bonds is 7. The van der Waals surface area contributed by atoms with E-state index in [2.05, 4.69) is 20.5 Å². The fourth-order valence-electron chi connectivity index (χ4n) is 3.14. The second-order valence-electron chi connectivity index (χ2n) is 6.53. The Balaban J connectivity index is 1.53. The Kier molecular flexibility index (Phi) is 5.90. The standard InChI is InChI=1S/C18H23N5O4/c1-27-14-4-2-3-12(9-14)10-23-11-13(5-6-16(23)24)17(25)19-8-7-15-20-18(26)22-21-15/h2-4,9,13H,5-8,10-11H2,1H3,(H,19,25)(H2,20,21,22,26)/t13-/m0/s1. The van der Waals surface area contributed by atoms with Gasteiger partial charge in [0.2, 0.25) is 11.8 Å². The van der Waals surface area contributed by atoms with Crippen molar-refractivity contribution in [2.75, 3.05) is 20.2 Å². The molecule has 0 unspecified atom stereocenters. The SMILES string of the molecule is COc1cccc(CN2C[C@@H](C(=O)NCCc3n[nH]c(=O)[nH]3)CCC2=O)c1. The lowest BCUT2D eigenvalue weighted by molar-refractivity contribution is -0.138. The summed E-state index contributed by atoms with van der Waals surface area (Å²) in [6.07, 6.45) is 1.33. The number of H-pyrrole nitrogens is 2. The number of benzene rings is 1. The Hall–Kier alpha value is -3.10. The van der Waals surface area contributed by atoms with E-state index in [0.717, 1.165) is 11.3 Å². The smallest absolute Gasteiger partial charge is 0.340 e. The minimum atomic E-state index is -0.365. The highest BCUT2D eigenvalue weighted by Gasteiger charge is 2.30. The molecule has 2 amide bonds. The Morgan fingerprint density at radius 3 is 3.00 bits per heavy atom. The predicted molar refractivity (Wildman–Crippen MR) is 97.1 cm³/mol. The van der Waals surface area contributed by atoms with Crippen LogP contribution in [-0.2, 0) is 22.6 Å². The van der Waals surface area contributed by atoms with Gasteiger partial charge in [-0.3, -0.25) is 14.6 Å². The van der Waals surface area contributed by atoms with Gasteiger partial charge in [-0.05, 0) is 24.1 Å². The third kappa shape index (κ3) is 4.96. The monoisotopic (exact) mass is 373 g/mol. The number of carbonyl (C=O) groups excluding carboxylic acids is 2. The zero-order chi connectivity index (χ0) is 19.2. The lowest BCUT2D eigenvalue weighted by Gasteiger charge is -2.32. The van der Waals surface area contributed by atoms with Gasteiger partial charge in [0.25, 0.3) is 0 Å². The summed E-state index contributed by atoms with van der Waals surface area (Å²) in [5, 5.41) is 8.94. The number of nitrogens with one attached hydrogen (secondary N) is 3. The summed E-state index contributed by atoms with van der Waals surface area (Å²) in [6.45, 7) is 1.22. The van der Waals surface area contributed by atoms with E-state index in [0.29, 0.717) is 44.7 Å². The molecule has 0 spiro atoms. The molecule has 3 rings (SSSR count). The van der Waals surface area contributed by atoms with Crippen molar-refractivity contribution in [2.45, 2.75) is 25.8 Å². The zero-order valence-corrected chi connectivity index (χ0v) is 15.2. The molecule has 144 valence electrons. The van der Waals surface area contributed by atoms with Gasteiger partial charge in [-0.1, -0.05) is 12.1 Å². The van der Waals surface area contributed by atoms with Crippen LogP contribution in [0.15, 0.2) is 29.1 Å². The van der Waals surface area contributed by atoms with Gasteiger partial charge in [0.15, 0.2) is 0 Å². The van der Waals surface area contributed by atoms with Crippen molar-refractivity contribution in [2.24, 2.45) is 5.92 Å². The van der Waals surface area contributed by atoms with E-state index < -0.39 is 0 Å². The third-order valence-electron chi connectivity index (χ3n) is 4.59. The van der Waals surface area contributed by atoms with Crippen LogP contribution in [0.2, 0.25) is 0 Å². The molecule has 1 aromatic carbocycles. The molecule has 0 radical (unpaired) electrons. The average molecular weight is 373 g/mol. The molecule has 9 nitrogen and oxygen atoms in total. The number of piperidine rings is 1. The molecule has 2 aromatic rings. The summed E-state index contributed by atoms with van der Waals surface area (Å²) in [5.74, 6) is 0.958. The largest absolute Gasteiger partial charge is 0.497 e. The van der Waals surface area contributed by atoms with Gasteiger partial charge < -0.3 is 15.0 Å². The summed E-state index contributed by atoms with van der Waals surface area (Å²) in [7, 11) is 1.60. The van der Waals surface area contributed by atoms with Crippen molar-refractivity contribution in [3.8, 4) is 5.75 Å². The van der Waals surface area contributed by atoms with Gasteiger partial charge in [-0.15, -0.1) is 0 Å². The predicted octanol–water partition coefficient (Wildman–Crippen LogP) is 0.204. The molecule has 0 aliphatic carbocycles. The molecule has 1 atom stereocenters. The molecule has 0 bridgehead atoms. The topological polar surface area (TPSA) is 120 Å². The van der Waals surface area contributed by atoms with Gasteiger partial charge in [0.05, 0.1) is 13.0 Å². The van der Waals surface area contributed by atoms with Crippen molar-refractivity contribution in [1.82, 2.24) is 25.4 Å². The van der Waals surface area contributed by atoms with Crippen molar-refractivity contribution in [3.05, 3.63) is 46.1 Å². The van der Waals surface area contributed by atoms with E-state index in [1.165, 1.54) is 0 Å². The van der Waals surface area contributed by atoms with Gasteiger partial charge >= 0.3 is 5.69 Å². The molecular weight excluding hydrogens is 350 g/mol. The normalized spacial score (nSPS) is 17.0. The summed E-state index contributed by atoms with van der Waals surface area (Å²) < 4.78 is 5.22. The van der Waals surface area contributed by atoms with Crippen molar-refractivity contribution in [1.29, 1.82) is 0 Å². The molecule has 2 heterocycles. The Labute approximate surface area is 156 Å². The van der Waals surface area contributed by atoms with Crippen LogP contribution >= 0.6 is 0 Å². The Morgan fingerprint density at radius 2 is 2.26 bits per heavy atom. The number of aromatic amines is 2. The van der Waals surface area contributed by atoms with Gasteiger partial charge in [0.1, 0.15) is 11.6 Å². The highest BCUT2D eigenvalue weighted by atomic mass is 16.5. The summed E-state index contributed by atoms with van der Waals surface area (Å²) in [4.78, 5) is 39.9. The molecule has 3 N–H and O–H groups in total. The first-order valence-corrected chi connectivity index (χ1v) is 8.87. The molecule has 9 heteroatoms. The number of carbonyl (C=O) groups is 2. The van der Waals surface area contributed by atoms with Crippen LogP contribution in [-0.4, -0.2) is 52.1 Å². The molecule has 27 heavy (non-hydrogen) atoms. The summed E-state index contributed by atoms with van der Waals surface area (Å²) in [6, 6.07) is 7.56. The number of aromatic nitrogens is 3. The Morgan fingerprint density at radius 1 is 1.41 bits per heavy atom. The number of nitrogens with zero attached hydrogens (tertiary/aromatic N) is 2. The Bertz CT molecular complexity index is 859. The summed E-state index contributed by atoms with van der Waals surface area (Å²) in [5.41, 5.74) is 0.599. The van der Waals surface area contributed by atoms with E-state index in [1.54, 1.807) is 12.0 Å². The van der Waals surface area contributed by atoms with Gasteiger partial charge in [-0.2, -0.15) is 5.10 Å². The molecule has 0 saturated carbocycles. The highest BCUT2D eigenvalue weighted by Crippen LogP contribution is 2.21. The first-order valence-electron chi connectivity index (χ1n) is 8.87. The van der Waals surface area contributed by atoms with E-state index in [-0.39, 0.29) is 23.4 Å². The van der Waals surface area contributed by atoms with Crippen LogP contribution in [0.25, 0.3) is 0 Å². The van der Waals surface area contributed by atoms with Crippen molar-refractivity contribution >= 4 is 11.8 Å². The van der Waals surface area contributed by atoms with Crippen LogP contribution < -0.4 is 15.7 Å². The highest BCUT2D eigenvalue weighted by molar-refractivity contribution is 5.83. The van der Waals surface area contributed by atoms with Crippen LogP contribution in [0.4, 0.5) is 0 Å². The van der Waals surface area contributed by atoms with Crippen LogP contribution in [0.5, 0.6) is 5.75 Å². The van der Waals surface area contributed by atoms with Gasteiger partial charge in [0, 0.05) is 32.5 Å². The maximum atomic E-state index is 12.4. The number of ether oxygens (including phenoxy) is 1. The molecule has 1 aromatic heterocycles. The van der Waals surface area contributed by atoms with E-state index in [9.17, 15) is 14.4 Å². The first kappa shape index (κ1) is 18.7. The van der Waals surface area contributed by atoms with Crippen LogP contribution in [0.1, 0.15) is 24.2 Å². The van der Waals surface area contributed by atoms with E-state index in [4.69, 9.17) is 4.74 Å². The van der Waals surface area contributed by atoms with Crippen molar-refractivity contribution in [3.63, 3.8) is 0 Å². The average Bonchev–Trinajstić information content (AvgIpc) is 3.08. The second kappa shape index (κ2) is 8.52. The third-order valence-corrected chi connectivity index (χ3v) is 4.59. The van der Waals surface area contributed by atoms with E-state index in [1.807, 2.05) is 24.3 Å². The molecule has 1 saturated heterocycles. The maximum Gasteiger partial charge on any atom is 0.340 e. The minimum absolute atomic E-state index is 0.0518. The van der Waals surface area contributed by atoms with E-state index >= 15 is 0 Å². The zero-order valence-electron chi connectivity index (χ0n) is 15.2. The summed E-state index contributed by atoms with van der Waals surface area (Å²) >= 11 is 0. The number of amides is 2. The lowest BCUT2D eigenvalue weighted by atomic mass is 9.96. The number of methoxy groups -OCH3 is 1. The number of hydrogen-bond acceptors (Lipinski definition) is 5. The maximum absolute atomic E-state index is 12.4. The molecule has 1 aliphatic heterocycles. The second-order valence-corrected chi connectivity index (χ2v) is 6.53. The molecule has 1 aliphatic rings. The minimum Gasteiger partial charge on any atom is -0.497 e. The van der Waals surface area contributed by atoms with Gasteiger partial charge in [-0.25, -0.2) is 9.89 Å². The molecular formula is C18H23N5O4. The lowest BCUT2D eigenvalue weighted by Crippen LogP contribution is -2.45. The first-order chi connectivity index (χ1) is 13.0.